The molecule has 0 radical (unpaired) electrons. The first kappa shape index (κ1) is 13.3. The predicted octanol–water partition coefficient (Wildman–Crippen LogP) is 3.25. The summed E-state index contributed by atoms with van der Waals surface area (Å²) in [4.78, 5) is 23.5. The zero-order valence-electron chi connectivity index (χ0n) is 11.6. The minimum atomic E-state index is -0.759. The van der Waals surface area contributed by atoms with E-state index >= 15 is 0 Å². The normalized spacial score (nSPS) is 25.2. The molecular weight excluding hydrogens is 252 g/mol. The lowest BCUT2D eigenvalue weighted by Crippen LogP contribution is -2.15. The Bertz CT molecular complexity index is 547. The van der Waals surface area contributed by atoms with E-state index in [1.165, 1.54) is 24.0 Å². The van der Waals surface area contributed by atoms with Crippen molar-refractivity contribution in [2.75, 3.05) is 0 Å². The van der Waals surface area contributed by atoms with Crippen LogP contribution in [0.15, 0.2) is 18.2 Å². The monoisotopic (exact) mass is 272 g/mol. The number of hydrogen-bond donors (Lipinski definition) is 1. The first-order valence-corrected chi connectivity index (χ1v) is 7.54. The van der Waals surface area contributed by atoms with E-state index in [4.69, 9.17) is 5.11 Å². The third kappa shape index (κ3) is 2.49. The Labute approximate surface area is 119 Å². The van der Waals surface area contributed by atoms with Gasteiger partial charge in [-0.1, -0.05) is 12.1 Å². The summed E-state index contributed by atoms with van der Waals surface area (Å²) >= 11 is 0. The van der Waals surface area contributed by atoms with E-state index in [2.05, 4.69) is 6.07 Å². The fraction of sp³-hybridized carbons (Fsp3) is 0.529. The molecule has 3 rings (SSSR count). The number of ketones is 1. The summed E-state index contributed by atoms with van der Waals surface area (Å²) in [6.07, 6.45) is 6.49. The third-order valence-corrected chi connectivity index (χ3v) is 4.79. The number of rotatable bonds is 3. The van der Waals surface area contributed by atoms with Gasteiger partial charge in [0.25, 0.3) is 0 Å². The average molecular weight is 272 g/mol. The smallest absolute Gasteiger partial charge is 0.306 e. The van der Waals surface area contributed by atoms with Gasteiger partial charge in [-0.25, -0.2) is 0 Å². The molecule has 2 atom stereocenters. The molecule has 1 aromatic carbocycles. The van der Waals surface area contributed by atoms with Crippen molar-refractivity contribution in [2.45, 2.75) is 44.9 Å². The van der Waals surface area contributed by atoms with Crippen LogP contribution in [0.1, 0.15) is 53.6 Å². The molecule has 0 aromatic heterocycles. The van der Waals surface area contributed by atoms with E-state index < -0.39 is 5.97 Å². The first-order valence-electron chi connectivity index (χ1n) is 7.54. The molecule has 3 nitrogen and oxygen atoms in total. The topological polar surface area (TPSA) is 54.4 Å². The van der Waals surface area contributed by atoms with Crippen molar-refractivity contribution < 1.29 is 14.7 Å². The van der Waals surface area contributed by atoms with Crippen molar-refractivity contribution in [3.63, 3.8) is 0 Å². The predicted molar refractivity (Wildman–Crippen MR) is 75.9 cm³/mol. The van der Waals surface area contributed by atoms with Gasteiger partial charge in [0.05, 0.1) is 5.92 Å². The van der Waals surface area contributed by atoms with Crippen LogP contribution in [0.3, 0.4) is 0 Å². The summed E-state index contributed by atoms with van der Waals surface area (Å²) < 4.78 is 0. The van der Waals surface area contributed by atoms with Crippen LogP contribution in [0.5, 0.6) is 0 Å². The molecule has 1 fully saturated rings. The largest absolute Gasteiger partial charge is 0.481 e. The number of fused-ring (bicyclic) bond motifs is 1. The van der Waals surface area contributed by atoms with Crippen LogP contribution in [0.4, 0.5) is 0 Å². The molecule has 2 aliphatic rings. The summed E-state index contributed by atoms with van der Waals surface area (Å²) in [5, 5.41) is 9.03. The molecule has 20 heavy (non-hydrogen) atoms. The number of aryl methyl sites for hydroxylation is 2. The van der Waals surface area contributed by atoms with Crippen molar-refractivity contribution in [3.05, 3.63) is 34.9 Å². The van der Waals surface area contributed by atoms with Gasteiger partial charge in [0.1, 0.15) is 0 Å². The second-order valence-corrected chi connectivity index (χ2v) is 6.10. The summed E-state index contributed by atoms with van der Waals surface area (Å²) in [6.45, 7) is 0. The Morgan fingerprint density at radius 3 is 2.40 bits per heavy atom. The van der Waals surface area contributed by atoms with Crippen LogP contribution in [0.25, 0.3) is 0 Å². The summed E-state index contributed by atoms with van der Waals surface area (Å²) in [5.41, 5.74) is 3.47. The molecule has 0 heterocycles. The van der Waals surface area contributed by atoms with Gasteiger partial charge in [0.2, 0.25) is 0 Å². The standard InChI is InChI=1S/C17H20O3/c18-16(14-7-8-15(10-14)17(19)20)13-6-5-11-3-1-2-4-12(11)9-13/h5-6,9,14-15H,1-4,7-8,10H2,(H,19,20). The Kier molecular flexibility index (Phi) is 3.60. The fourth-order valence-corrected chi connectivity index (χ4v) is 3.57. The quantitative estimate of drug-likeness (QED) is 0.859. The molecule has 0 saturated heterocycles. The van der Waals surface area contributed by atoms with E-state index in [-0.39, 0.29) is 17.6 Å². The maximum Gasteiger partial charge on any atom is 0.306 e. The average Bonchev–Trinajstić information content (AvgIpc) is 2.96. The Balaban J connectivity index is 1.76. The minimum absolute atomic E-state index is 0.0993. The van der Waals surface area contributed by atoms with Crippen LogP contribution in [0.2, 0.25) is 0 Å². The van der Waals surface area contributed by atoms with Crippen LogP contribution in [-0.2, 0) is 17.6 Å². The number of aliphatic carboxylic acids is 1. The van der Waals surface area contributed by atoms with Crippen molar-refractivity contribution >= 4 is 11.8 Å². The van der Waals surface area contributed by atoms with Crippen molar-refractivity contribution in [1.29, 1.82) is 0 Å². The highest BCUT2D eigenvalue weighted by Gasteiger charge is 2.34. The van der Waals surface area contributed by atoms with E-state index in [0.717, 1.165) is 18.4 Å². The number of carbonyl (C=O) groups is 2. The summed E-state index contributed by atoms with van der Waals surface area (Å²) in [6, 6.07) is 6.07. The fourth-order valence-electron chi connectivity index (χ4n) is 3.57. The molecule has 106 valence electrons. The molecule has 0 amide bonds. The van der Waals surface area contributed by atoms with Crippen LogP contribution in [0, 0.1) is 11.8 Å². The number of Topliss-reactive ketones (excluding diaryl/α,β-unsaturated/α-hetero) is 1. The van der Waals surface area contributed by atoms with E-state index in [0.29, 0.717) is 19.3 Å². The molecule has 2 aliphatic carbocycles. The van der Waals surface area contributed by atoms with Crippen LogP contribution in [-0.4, -0.2) is 16.9 Å². The van der Waals surface area contributed by atoms with Crippen molar-refractivity contribution in [1.82, 2.24) is 0 Å². The van der Waals surface area contributed by atoms with Gasteiger partial charge in [0.15, 0.2) is 5.78 Å². The molecule has 1 aromatic rings. The zero-order chi connectivity index (χ0) is 14.1. The molecular formula is C17H20O3. The van der Waals surface area contributed by atoms with Gasteiger partial charge in [-0.15, -0.1) is 0 Å². The third-order valence-electron chi connectivity index (χ3n) is 4.79. The molecule has 3 heteroatoms. The highest BCUT2D eigenvalue weighted by atomic mass is 16.4. The Morgan fingerprint density at radius 2 is 1.70 bits per heavy atom. The van der Waals surface area contributed by atoms with Crippen LogP contribution < -0.4 is 0 Å². The van der Waals surface area contributed by atoms with Gasteiger partial charge in [0, 0.05) is 11.5 Å². The van der Waals surface area contributed by atoms with Gasteiger partial charge >= 0.3 is 5.97 Å². The minimum Gasteiger partial charge on any atom is -0.481 e. The van der Waals surface area contributed by atoms with Gasteiger partial charge in [-0.2, -0.15) is 0 Å². The maximum absolute atomic E-state index is 12.5. The number of carboxylic acid groups (broad SMARTS) is 1. The van der Waals surface area contributed by atoms with E-state index in [9.17, 15) is 9.59 Å². The number of carbonyl (C=O) groups excluding carboxylic acids is 1. The number of hydrogen-bond acceptors (Lipinski definition) is 2. The summed E-state index contributed by atoms with van der Waals surface area (Å²) in [7, 11) is 0. The van der Waals surface area contributed by atoms with Gasteiger partial charge < -0.3 is 5.11 Å². The zero-order valence-corrected chi connectivity index (χ0v) is 11.6. The van der Waals surface area contributed by atoms with Gasteiger partial charge in [-0.3, -0.25) is 9.59 Å². The molecule has 1 N–H and O–H groups in total. The Hall–Kier alpha value is -1.64. The second kappa shape index (κ2) is 5.39. The SMILES string of the molecule is O=C(O)C1CCC(C(=O)c2ccc3c(c2)CCCC3)C1. The molecule has 1 saturated carbocycles. The van der Waals surface area contributed by atoms with E-state index in [1.54, 1.807) is 0 Å². The maximum atomic E-state index is 12.5. The van der Waals surface area contributed by atoms with E-state index in [1.807, 2.05) is 12.1 Å². The van der Waals surface area contributed by atoms with Gasteiger partial charge in [-0.05, 0) is 62.1 Å². The highest BCUT2D eigenvalue weighted by molar-refractivity contribution is 5.98. The lowest BCUT2D eigenvalue weighted by molar-refractivity contribution is -0.141. The molecule has 2 unspecified atom stereocenters. The lowest BCUT2D eigenvalue weighted by Gasteiger charge is -2.17. The molecule has 0 spiro atoms. The van der Waals surface area contributed by atoms with Crippen molar-refractivity contribution in [2.24, 2.45) is 11.8 Å². The second-order valence-electron chi connectivity index (χ2n) is 6.10. The highest BCUT2D eigenvalue weighted by Crippen LogP contribution is 2.34. The lowest BCUT2D eigenvalue weighted by atomic mass is 9.87. The number of benzene rings is 1. The summed E-state index contributed by atoms with van der Waals surface area (Å²) in [5.74, 6) is -1.05. The molecule has 0 bridgehead atoms. The number of carboxylic acids is 1. The first-order chi connectivity index (χ1) is 9.65. The molecule has 0 aliphatic heterocycles. The Morgan fingerprint density at radius 1 is 1.00 bits per heavy atom. The van der Waals surface area contributed by atoms with Crippen LogP contribution >= 0.6 is 0 Å². The van der Waals surface area contributed by atoms with Crippen molar-refractivity contribution in [3.8, 4) is 0 Å².